The van der Waals surface area contributed by atoms with E-state index < -0.39 is 0 Å². The third-order valence-electron chi connectivity index (χ3n) is 3.02. The quantitative estimate of drug-likeness (QED) is 0.855. The molecule has 0 aliphatic heterocycles. The molecule has 5 nitrogen and oxygen atoms in total. The first-order valence-electron chi connectivity index (χ1n) is 6.88. The van der Waals surface area contributed by atoms with Crippen molar-refractivity contribution in [2.24, 2.45) is 5.73 Å². The molecule has 0 radical (unpaired) electrons. The second kappa shape index (κ2) is 9.02. The molecule has 2 rings (SSSR count). The van der Waals surface area contributed by atoms with Crippen molar-refractivity contribution in [3.8, 4) is 5.88 Å². The SMILES string of the molecule is CCOc1ncccc1CNC(=O)c1ccc(CN)cc1.Cl. The van der Waals surface area contributed by atoms with Crippen LogP contribution in [0.15, 0.2) is 42.6 Å². The molecule has 0 unspecified atom stereocenters. The van der Waals surface area contributed by atoms with Crippen molar-refractivity contribution in [2.75, 3.05) is 6.61 Å². The molecule has 0 fully saturated rings. The molecule has 0 aliphatic rings. The maximum Gasteiger partial charge on any atom is 0.251 e. The summed E-state index contributed by atoms with van der Waals surface area (Å²) in [6.45, 7) is 3.28. The number of aromatic nitrogens is 1. The normalized spacial score (nSPS) is 9.73. The summed E-state index contributed by atoms with van der Waals surface area (Å²) in [5.74, 6) is 0.420. The first-order chi connectivity index (χ1) is 10.2. The van der Waals surface area contributed by atoms with Crippen LogP contribution in [0.5, 0.6) is 5.88 Å². The monoisotopic (exact) mass is 321 g/mol. The average Bonchev–Trinajstić information content (AvgIpc) is 2.54. The highest BCUT2D eigenvalue weighted by molar-refractivity contribution is 5.94. The van der Waals surface area contributed by atoms with E-state index in [1.807, 2.05) is 31.2 Å². The summed E-state index contributed by atoms with van der Waals surface area (Å²) < 4.78 is 5.43. The van der Waals surface area contributed by atoms with Crippen LogP contribution in [-0.4, -0.2) is 17.5 Å². The van der Waals surface area contributed by atoms with Gasteiger partial charge in [-0.3, -0.25) is 4.79 Å². The van der Waals surface area contributed by atoms with Crippen LogP contribution in [0, 0.1) is 0 Å². The number of rotatable bonds is 6. The van der Waals surface area contributed by atoms with Crippen molar-refractivity contribution in [3.05, 3.63) is 59.3 Å². The van der Waals surface area contributed by atoms with E-state index in [0.29, 0.717) is 31.1 Å². The van der Waals surface area contributed by atoms with Crippen LogP contribution in [0.1, 0.15) is 28.4 Å². The fraction of sp³-hybridized carbons (Fsp3) is 0.250. The van der Waals surface area contributed by atoms with Gasteiger partial charge in [0.1, 0.15) is 0 Å². The summed E-state index contributed by atoms with van der Waals surface area (Å²) >= 11 is 0. The predicted octanol–water partition coefficient (Wildman–Crippen LogP) is 2.29. The van der Waals surface area contributed by atoms with E-state index in [0.717, 1.165) is 11.1 Å². The lowest BCUT2D eigenvalue weighted by Gasteiger charge is -2.10. The van der Waals surface area contributed by atoms with Crippen LogP contribution in [0.2, 0.25) is 0 Å². The van der Waals surface area contributed by atoms with Crippen molar-refractivity contribution >= 4 is 18.3 Å². The van der Waals surface area contributed by atoms with E-state index in [1.165, 1.54) is 0 Å². The Morgan fingerprint density at radius 1 is 1.27 bits per heavy atom. The Balaban J connectivity index is 0.00000242. The van der Waals surface area contributed by atoms with Gasteiger partial charge in [-0.2, -0.15) is 0 Å². The zero-order valence-electron chi connectivity index (χ0n) is 12.4. The third kappa shape index (κ3) is 4.72. The number of amides is 1. The van der Waals surface area contributed by atoms with Gasteiger partial charge in [0.05, 0.1) is 6.61 Å². The van der Waals surface area contributed by atoms with Crippen molar-refractivity contribution < 1.29 is 9.53 Å². The Morgan fingerprint density at radius 2 is 2.00 bits per heavy atom. The van der Waals surface area contributed by atoms with Gasteiger partial charge in [0.25, 0.3) is 5.91 Å². The van der Waals surface area contributed by atoms with E-state index in [4.69, 9.17) is 10.5 Å². The Hall–Kier alpha value is -2.11. The molecule has 6 heteroatoms. The number of hydrogen-bond donors (Lipinski definition) is 2. The highest BCUT2D eigenvalue weighted by Crippen LogP contribution is 2.14. The minimum absolute atomic E-state index is 0. The largest absolute Gasteiger partial charge is 0.478 e. The molecule has 1 aromatic carbocycles. The van der Waals surface area contributed by atoms with Crippen molar-refractivity contribution in [1.82, 2.24) is 10.3 Å². The third-order valence-corrected chi connectivity index (χ3v) is 3.02. The van der Waals surface area contributed by atoms with Gasteiger partial charge in [0, 0.05) is 30.4 Å². The minimum Gasteiger partial charge on any atom is -0.478 e. The summed E-state index contributed by atoms with van der Waals surface area (Å²) in [6, 6.07) is 10.9. The minimum atomic E-state index is -0.134. The van der Waals surface area contributed by atoms with Crippen molar-refractivity contribution in [1.29, 1.82) is 0 Å². The number of nitrogens with zero attached hydrogens (tertiary/aromatic N) is 1. The second-order valence-corrected chi connectivity index (χ2v) is 4.48. The maximum absolute atomic E-state index is 12.1. The van der Waals surface area contributed by atoms with Gasteiger partial charge < -0.3 is 15.8 Å². The molecule has 22 heavy (non-hydrogen) atoms. The molecule has 1 aromatic heterocycles. The number of pyridine rings is 1. The first kappa shape index (κ1) is 17.9. The molecule has 0 saturated carbocycles. The number of halogens is 1. The molecule has 2 aromatic rings. The van der Waals surface area contributed by atoms with Crippen molar-refractivity contribution in [3.63, 3.8) is 0 Å². The number of nitrogens with one attached hydrogen (secondary N) is 1. The van der Waals surface area contributed by atoms with Crippen LogP contribution < -0.4 is 15.8 Å². The number of carbonyl (C=O) groups excluding carboxylic acids is 1. The second-order valence-electron chi connectivity index (χ2n) is 4.48. The molecule has 0 aliphatic carbocycles. The maximum atomic E-state index is 12.1. The molecule has 0 saturated heterocycles. The number of carbonyl (C=O) groups is 1. The van der Waals surface area contributed by atoms with Gasteiger partial charge in [-0.25, -0.2) is 4.98 Å². The van der Waals surface area contributed by atoms with Gasteiger partial charge in [-0.1, -0.05) is 18.2 Å². The standard InChI is InChI=1S/C16H19N3O2.ClH/c1-2-21-16-14(4-3-9-18-16)11-19-15(20)13-7-5-12(10-17)6-8-13;/h3-9H,2,10-11,17H2,1H3,(H,19,20);1H. The molecule has 0 bridgehead atoms. The molecular weight excluding hydrogens is 302 g/mol. The molecular formula is C16H20ClN3O2. The predicted molar refractivity (Wildman–Crippen MR) is 88.2 cm³/mol. The lowest BCUT2D eigenvalue weighted by molar-refractivity contribution is 0.0950. The lowest BCUT2D eigenvalue weighted by atomic mass is 10.1. The molecule has 0 atom stereocenters. The summed E-state index contributed by atoms with van der Waals surface area (Å²) in [5, 5.41) is 2.86. The Kier molecular flexibility index (Phi) is 7.36. The summed E-state index contributed by atoms with van der Waals surface area (Å²) in [7, 11) is 0. The summed E-state index contributed by atoms with van der Waals surface area (Å²) in [5.41, 5.74) is 7.99. The van der Waals surface area contributed by atoms with E-state index >= 15 is 0 Å². The Labute approximate surface area is 136 Å². The van der Waals surface area contributed by atoms with E-state index in [1.54, 1.807) is 18.3 Å². The van der Waals surface area contributed by atoms with Gasteiger partial charge in [-0.05, 0) is 30.7 Å². The summed E-state index contributed by atoms with van der Waals surface area (Å²) in [6.07, 6.45) is 1.67. The Morgan fingerprint density at radius 3 is 2.64 bits per heavy atom. The van der Waals surface area contributed by atoms with Crippen LogP contribution in [0.25, 0.3) is 0 Å². The van der Waals surface area contributed by atoms with Gasteiger partial charge >= 0.3 is 0 Å². The van der Waals surface area contributed by atoms with Gasteiger partial charge in [0.2, 0.25) is 5.88 Å². The average molecular weight is 322 g/mol. The number of nitrogens with two attached hydrogens (primary N) is 1. The zero-order chi connectivity index (χ0) is 15.1. The number of benzene rings is 1. The van der Waals surface area contributed by atoms with Crippen LogP contribution >= 0.6 is 12.4 Å². The van der Waals surface area contributed by atoms with Gasteiger partial charge in [0.15, 0.2) is 0 Å². The summed E-state index contributed by atoms with van der Waals surface area (Å²) in [4.78, 5) is 16.2. The van der Waals surface area contributed by atoms with Crippen LogP contribution in [0.4, 0.5) is 0 Å². The molecule has 3 N–H and O–H groups in total. The topological polar surface area (TPSA) is 77.2 Å². The van der Waals surface area contributed by atoms with Crippen LogP contribution in [0.3, 0.4) is 0 Å². The highest BCUT2D eigenvalue weighted by Gasteiger charge is 2.08. The molecule has 118 valence electrons. The Bertz CT molecular complexity index is 603. The highest BCUT2D eigenvalue weighted by atomic mass is 35.5. The first-order valence-corrected chi connectivity index (χ1v) is 6.88. The fourth-order valence-corrected chi connectivity index (χ4v) is 1.90. The van der Waals surface area contributed by atoms with E-state index in [2.05, 4.69) is 10.3 Å². The number of hydrogen-bond acceptors (Lipinski definition) is 4. The lowest BCUT2D eigenvalue weighted by Crippen LogP contribution is -2.23. The molecule has 0 spiro atoms. The molecule has 1 heterocycles. The van der Waals surface area contributed by atoms with Crippen LogP contribution in [-0.2, 0) is 13.1 Å². The number of ether oxygens (including phenoxy) is 1. The molecule has 1 amide bonds. The smallest absolute Gasteiger partial charge is 0.251 e. The van der Waals surface area contributed by atoms with E-state index in [9.17, 15) is 4.79 Å². The van der Waals surface area contributed by atoms with Gasteiger partial charge in [-0.15, -0.1) is 12.4 Å². The fourth-order valence-electron chi connectivity index (χ4n) is 1.90. The van der Waals surface area contributed by atoms with E-state index in [-0.39, 0.29) is 18.3 Å². The van der Waals surface area contributed by atoms with Crippen molar-refractivity contribution in [2.45, 2.75) is 20.0 Å². The zero-order valence-corrected chi connectivity index (χ0v) is 13.2.